The second-order valence-corrected chi connectivity index (χ2v) is 7.82. The maximum Gasteiger partial charge on any atom is 0.246 e. The number of aryl methyl sites for hydroxylation is 1. The van der Waals surface area contributed by atoms with Gasteiger partial charge in [0.05, 0.1) is 26.5 Å². The number of ether oxygens (including phenoxy) is 2. The van der Waals surface area contributed by atoms with Crippen molar-refractivity contribution in [2.45, 2.75) is 13.5 Å². The van der Waals surface area contributed by atoms with Crippen LogP contribution in [-0.4, -0.2) is 41.9 Å². The average molecular weight is 458 g/mol. The van der Waals surface area contributed by atoms with Crippen molar-refractivity contribution in [1.82, 2.24) is 14.7 Å². The number of methoxy groups -OCH3 is 2. The van der Waals surface area contributed by atoms with E-state index in [0.29, 0.717) is 18.0 Å². The van der Waals surface area contributed by atoms with Crippen LogP contribution in [0.3, 0.4) is 0 Å². The lowest BCUT2D eigenvalue weighted by molar-refractivity contribution is -0.125. The van der Waals surface area contributed by atoms with E-state index in [9.17, 15) is 4.79 Å². The third kappa shape index (κ3) is 5.04. The molecule has 0 spiro atoms. The van der Waals surface area contributed by atoms with Crippen LogP contribution in [0.1, 0.15) is 17.1 Å². The van der Waals surface area contributed by atoms with E-state index >= 15 is 0 Å². The molecule has 0 aliphatic rings. The summed E-state index contributed by atoms with van der Waals surface area (Å²) in [5.41, 5.74) is 3.28. The number of carbonyl (C=O) groups is 1. The Morgan fingerprint density at radius 3 is 2.50 bits per heavy atom. The van der Waals surface area contributed by atoms with E-state index in [1.54, 1.807) is 43.0 Å². The first-order chi connectivity index (χ1) is 16.5. The molecule has 0 bridgehead atoms. The summed E-state index contributed by atoms with van der Waals surface area (Å²) < 4.78 is 18.2. The Morgan fingerprint density at radius 2 is 1.82 bits per heavy atom. The van der Waals surface area contributed by atoms with Crippen LogP contribution in [0, 0.1) is 6.92 Å². The van der Waals surface area contributed by atoms with Crippen molar-refractivity contribution in [3.8, 4) is 28.4 Å². The maximum atomic E-state index is 12.8. The first-order valence-corrected chi connectivity index (χ1v) is 10.8. The summed E-state index contributed by atoms with van der Waals surface area (Å²) in [7, 11) is 4.94. The number of hydrogen-bond acceptors (Lipinski definition) is 5. The number of furan rings is 1. The average Bonchev–Trinajstić information content (AvgIpc) is 3.48. The summed E-state index contributed by atoms with van der Waals surface area (Å²) in [6.07, 6.45) is 5.23. The molecule has 0 saturated carbocycles. The van der Waals surface area contributed by atoms with Gasteiger partial charge in [0.1, 0.15) is 17.2 Å². The SMILES string of the molecule is COc1ccc(-c2nn(-c3ccccc3)cc2C=CC(=O)N(C)Cc2ccc(C)o2)cc1OC. The predicted molar refractivity (Wildman–Crippen MR) is 131 cm³/mol. The predicted octanol–water partition coefficient (Wildman–Crippen LogP) is 5.13. The van der Waals surface area contributed by atoms with E-state index in [-0.39, 0.29) is 5.91 Å². The van der Waals surface area contributed by atoms with Gasteiger partial charge in [-0.05, 0) is 55.5 Å². The molecular formula is C27H27N3O4. The Labute approximate surface area is 198 Å². The molecule has 0 radical (unpaired) electrons. The summed E-state index contributed by atoms with van der Waals surface area (Å²) >= 11 is 0. The zero-order valence-electron chi connectivity index (χ0n) is 19.7. The van der Waals surface area contributed by atoms with Gasteiger partial charge in [-0.25, -0.2) is 4.68 Å². The van der Waals surface area contributed by atoms with Crippen LogP contribution < -0.4 is 9.47 Å². The molecule has 1 amide bonds. The van der Waals surface area contributed by atoms with Crippen LogP contribution >= 0.6 is 0 Å². The number of para-hydroxylation sites is 1. The second-order valence-electron chi connectivity index (χ2n) is 7.82. The molecular weight excluding hydrogens is 430 g/mol. The van der Waals surface area contributed by atoms with Crippen LogP contribution in [0.2, 0.25) is 0 Å². The minimum atomic E-state index is -0.139. The van der Waals surface area contributed by atoms with Crippen LogP contribution in [0.15, 0.2) is 77.4 Å². The third-order valence-corrected chi connectivity index (χ3v) is 5.39. The van der Waals surface area contributed by atoms with Gasteiger partial charge in [0, 0.05) is 30.4 Å². The van der Waals surface area contributed by atoms with Gasteiger partial charge in [-0.2, -0.15) is 5.10 Å². The summed E-state index contributed by atoms with van der Waals surface area (Å²) in [6, 6.07) is 19.2. The molecule has 174 valence electrons. The second kappa shape index (κ2) is 10.1. The Kier molecular flexibility index (Phi) is 6.82. The van der Waals surface area contributed by atoms with Crippen molar-refractivity contribution >= 4 is 12.0 Å². The lowest BCUT2D eigenvalue weighted by atomic mass is 10.1. The molecule has 0 N–H and O–H groups in total. The molecule has 0 fully saturated rings. The monoisotopic (exact) mass is 457 g/mol. The molecule has 4 aromatic rings. The Morgan fingerprint density at radius 1 is 1.06 bits per heavy atom. The van der Waals surface area contributed by atoms with Gasteiger partial charge in [-0.3, -0.25) is 4.79 Å². The Bertz CT molecular complexity index is 1300. The van der Waals surface area contributed by atoms with Crippen molar-refractivity contribution in [2.75, 3.05) is 21.3 Å². The molecule has 7 heteroatoms. The van der Waals surface area contributed by atoms with Gasteiger partial charge in [-0.15, -0.1) is 0 Å². The summed E-state index contributed by atoms with van der Waals surface area (Å²) in [5, 5.41) is 4.80. The van der Waals surface area contributed by atoms with Crippen molar-refractivity contribution in [3.63, 3.8) is 0 Å². The highest BCUT2D eigenvalue weighted by Gasteiger charge is 2.15. The first kappa shape index (κ1) is 22.9. The lowest BCUT2D eigenvalue weighted by Gasteiger charge is -2.13. The van der Waals surface area contributed by atoms with E-state index in [1.165, 1.54) is 0 Å². The highest BCUT2D eigenvalue weighted by atomic mass is 16.5. The molecule has 2 aromatic heterocycles. The number of amides is 1. The minimum absolute atomic E-state index is 0.139. The summed E-state index contributed by atoms with van der Waals surface area (Å²) in [4.78, 5) is 14.4. The summed E-state index contributed by atoms with van der Waals surface area (Å²) in [6.45, 7) is 2.27. The highest BCUT2D eigenvalue weighted by molar-refractivity contribution is 5.92. The van der Waals surface area contributed by atoms with Crippen LogP contribution in [0.5, 0.6) is 11.5 Å². The van der Waals surface area contributed by atoms with Gasteiger partial charge in [0.2, 0.25) is 5.91 Å². The normalized spacial score (nSPS) is 11.1. The molecule has 2 aromatic carbocycles. The van der Waals surface area contributed by atoms with E-state index in [0.717, 1.165) is 34.0 Å². The number of likely N-dealkylation sites (N-methyl/N-ethyl adjacent to an activating group) is 1. The van der Waals surface area contributed by atoms with Crippen LogP contribution in [0.25, 0.3) is 23.0 Å². The maximum absolute atomic E-state index is 12.8. The molecule has 0 atom stereocenters. The molecule has 0 saturated heterocycles. The van der Waals surface area contributed by atoms with Gasteiger partial charge < -0.3 is 18.8 Å². The Hall–Kier alpha value is -4.26. The minimum Gasteiger partial charge on any atom is -0.493 e. The number of rotatable bonds is 8. The topological polar surface area (TPSA) is 69.7 Å². The molecule has 0 unspecified atom stereocenters. The van der Waals surface area contributed by atoms with Gasteiger partial charge in [-0.1, -0.05) is 18.2 Å². The van der Waals surface area contributed by atoms with Crippen molar-refractivity contribution < 1.29 is 18.7 Å². The number of benzene rings is 2. The molecule has 34 heavy (non-hydrogen) atoms. The van der Waals surface area contributed by atoms with Crippen molar-refractivity contribution in [2.24, 2.45) is 0 Å². The zero-order chi connectivity index (χ0) is 24.1. The van der Waals surface area contributed by atoms with Gasteiger partial charge >= 0.3 is 0 Å². The first-order valence-electron chi connectivity index (χ1n) is 10.8. The number of carbonyl (C=O) groups excluding carboxylic acids is 1. The van der Waals surface area contributed by atoms with E-state index < -0.39 is 0 Å². The van der Waals surface area contributed by atoms with E-state index in [4.69, 9.17) is 19.0 Å². The molecule has 2 heterocycles. The molecule has 4 rings (SSSR count). The fraction of sp³-hybridized carbons (Fsp3) is 0.185. The van der Waals surface area contributed by atoms with Crippen LogP contribution in [0.4, 0.5) is 0 Å². The fourth-order valence-corrected chi connectivity index (χ4v) is 3.60. The molecule has 0 aliphatic heterocycles. The van der Waals surface area contributed by atoms with E-state index in [2.05, 4.69) is 0 Å². The Balaban J connectivity index is 1.66. The summed E-state index contributed by atoms with van der Waals surface area (Å²) in [5.74, 6) is 2.66. The number of aromatic nitrogens is 2. The fourth-order valence-electron chi connectivity index (χ4n) is 3.60. The number of hydrogen-bond donors (Lipinski definition) is 0. The quantitative estimate of drug-likeness (QED) is 0.343. The van der Waals surface area contributed by atoms with Crippen molar-refractivity contribution in [3.05, 3.63) is 90.0 Å². The van der Waals surface area contributed by atoms with Gasteiger partial charge in [0.15, 0.2) is 11.5 Å². The van der Waals surface area contributed by atoms with Crippen molar-refractivity contribution in [1.29, 1.82) is 0 Å². The highest BCUT2D eigenvalue weighted by Crippen LogP contribution is 2.33. The molecule has 7 nitrogen and oxygen atoms in total. The van der Waals surface area contributed by atoms with Gasteiger partial charge in [0.25, 0.3) is 0 Å². The largest absolute Gasteiger partial charge is 0.493 e. The standard InChI is InChI=1S/C27H27N3O4/c1-19-10-13-23(34-19)18-29(2)26(31)15-12-21-17-30(22-8-6-5-7-9-22)28-27(21)20-11-14-24(32-3)25(16-20)33-4/h5-17H,18H2,1-4H3. The third-order valence-electron chi connectivity index (χ3n) is 5.39. The smallest absolute Gasteiger partial charge is 0.246 e. The molecule has 0 aliphatic carbocycles. The zero-order valence-corrected chi connectivity index (χ0v) is 19.7. The number of nitrogens with zero attached hydrogens (tertiary/aromatic N) is 3. The lowest BCUT2D eigenvalue weighted by Crippen LogP contribution is -2.23. The van der Waals surface area contributed by atoms with E-state index in [1.807, 2.05) is 73.8 Å². The van der Waals surface area contributed by atoms with Crippen LogP contribution in [-0.2, 0) is 11.3 Å².